The standard InChI is InChI=1S/C17H17Cl3N2O/c1-12-6-5-9-14(10-12)21-16(17(18,19)20)22-15(23)11-13-7-3-2-4-8-13/h2-10,16,21H,11H2,1H3,(H,22,23)/t16-/m0/s1. The third-order valence-electron chi connectivity index (χ3n) is 3.17. The van der Waals surface area contributed by atoms with E-state index in [1.54, 1.807) is 0 Å². The molecule has 0 fully saturated rings. The summed E-state index contributed by atoms with van der Waals surface area (Å²) in [5.74, 6) is -0.229. The minimum Gasteiger partial charge on any atom is -0.362 e. The zero-order valence-electron chi connectivity index (χ0n) is 12.5. The van der Waals surface area contributed by atoms with Gasteiger partial charge >= 0.3 is 0 Å². The highest BCUT2D eigenvalue weighted by atomic mass is 35.6. The van der Waals surface area contributed by atoms with Crippen molar-refractivity contribution >= 4 is 46.4 Å². The summed E-state index contributed by atoms with van der Waals surface area (Å²) in [6, 6.07) is 17.0. The number of rotatable bonds is 5. The first-order chi connectivity index (χ1) is 10.8. The second kappa shape index (κ2) is 7.91. The monoisotopic (exact) mass is 370 g/mol. The van der Waals surface area contributed by atoms with Crippen LogP contribution in [-0.4, -0.2) is 15.9 Å². The molecule has 0 radical (unpaired) electrons. The molecule has 0 unspecified atom stereocenters. The van der Waals surface area contributed by atoms with E-state index in [1.165, 1.54) is 0 Å². The van der Waals surface area contributed by atoms with Crippen molar-refractivity contribution in [2.24, 2.45) is 0 Å². The molecule has 2 aromatic rings. The van der Waals surface area contributed by atoms with Gasteiger partial charge in [-0.2, -0.15) is 0 Å². The van der Waals surface area contributed by atoms with Gasteiger partial charge in [0.2, 0.25) is 9.70 Å². The van der Waals surface area contributed by atoms with Crippen LogP contribution in [-0.2, 0) is 11.2 Å². The van der Waals surface area contributed by atoms with E-state index in [1.807, 2.05) is 61.5 Å². The van der Waals surface area contributed by atoms with Crippen molar-refractivity contribution in [3.05, 3.63) is 65.7 Å². The molecule has 0 heterocycles. The molecule has 0 bridgehead atoms. The van der Waals surface area contributed by atoms with Crippen LogP contribution in [0.15, 0.2) is 54.6 Å². The molecule has 2 aromatic carbocycles. The number of anilines is 1. The lowest BCUT2D eigenvalue weighted by molar-refractivity contribution is -0.120. The van der Waals surface area contributed by atoms with Gasteiger partial charge in [-0.25, -0.2) is 0 Å². The molecule has 1 atom stereocenters. The lowest BCUT2D eigenvalue weighted by Crippen LogP contribution is -2.49. The number of aryl methyl sites for hydroxylation is 1. The fourth-order valence-corrected chi connectivity index (χ4v) is 2.42. The summed E-state index contributed by atoms with van der Waals surface area (Å²) in [7, 11) is 0. The highest BCUT2D eigenvalue weighted by Crippen LogP contribution is 2.31. The van der Waals surface area contributed by atoms with E-state index >= 15 is 0 Å². The van der Waals surface area contributed by atoms with Gasteiger partial charge in [-0.05, 0) is 30.2 Å². The molecular formula is C17H17Cl3N2O. The molecule has 122 valence electrons. The Morgan fingerprint density at radius 3 is 2.39 bits per heavy atom. The number of carbonyl (C=O) groups excluding carboxylic acids is 1. The molecule has 2 rings (SSSR count). The highest BCUT2D eigenvalue weighted by molar-refractivity contribution is 6.68. The molecule has 0 spiro atoms. The molecule has 0 aliphatic carbocycles. The van der Waals surface area contributed by atoms with Crippen molar-refractivity contribution in [2.45, 2.75) is 23.3 Å². The predicted octanol–water partition coefficient (Wildman–Crippen LogP) is 4.46. The zero-order valence-corrected chi connectivity index (χ0v) is 14.8. The van der Waals surface area contributed by atoms with Crippen molar-refractivity contribution in [2.75, 3.05) is 5.32 Å². The summed E-state index contributed by atoms with van der Waals surface area (Å²) in [6.45, 7) is 1.96. The normalized spacial score (nSPS) is 12.5. The predicted molar refractivity (Wildman–Crippen MR) is 97.2 cm³/mol. The maximum Gasteiger partial charge on any atom is 0.228 e. The van der Waals surface area contributed by atoms with Crippen LogP contribution in [0.3, 0.4) is 0 Å². The number of halogens is 3. The molecule has 23 heavy (non-hydrogen) atoms. The molecule has 0 saturated carbocycles. The summed E-state index contributed by atoms with van der Waals surface area (Å²) in [5, 5.41) is 5.78. The average molecular weight is 372 g/mol. The minimum atomic E-state index is -1.68. The Hall–Kier alpha value is -1.42. The summed E-state index contributed by atoms with van der Waals surface area (Å²) in [4.78, 5) is 12.2. The lowest BCUT2D eigenvalue weighted by atomic mass is 10.1. The van der Waals surface area contributed by atoms with Gasteiger partial charge in [0.05, 0.1) is 6.42 Å². The number of hydrogen-bond donors (Lipinski definition) is 2. The smallest absolute Gasteiger partial charge is 0.228 e. The Labute approximate surface area is 150 Å². The number of amides is 1. The first-order valence-corrected chi connectivity index (χ1v) is 8.21. The van der Waals surface area contributed by atoms with E-state index in [0.717, 1.165) is 16.8 Å². The van der Waals surface area contributed by atoms with Crippen LogP contribution in [0.2, 0.25) is 0 Å². The van der Waals surface area contributed by atoms with Gasteiger partial charge in [0.25, 0.3) is 0 Å². The van der Waals surface area contributed by atoms with Crippen molar-refractivity contribution < 1.29 is 4.79 Å². The molecule has 0 aliphatic heterocycles. The Kier molecular flexibility index (Phi) is 6.17. The Morgan fingerprint density at radius 2 is 1.78 bits per heavy atom. The Morgan fingerprint density at radius 1 is 1.09 bits per heavy atom. The summed E-state index contributed by atoms with van der Waals surface area (Å²) >= 11 is 18.0. The zero-order chi connectivity index (χ0) is 16.9. The SMILES string of the molecule is Cc1cccc(N[C@@H](NC(=O)Cc2ccccc2)C(Cl)(Cl)Cl)c1. The first-order valence-electron chi connectivity index (χ1n) is 7.08. The van der Waals surface area contributed by atoms with Crippen molar-refractivity contribution in [1.82, 2.24) is 5.32 Å². The fourth-order valence-electron chi connectivity index (χ4n) is 2.09. The number of carbonyl (C=O) groups is 1. The molecule has 3 nitrogen and oxygen atoms in total. The van der Waals surface area contributed by atoms with Crippen LogP contribution in [0, 0.1) is 6.92 Å². The van der Waals surface area contributed by atoms with E-state index in [2.05, 4.69) is 10.6 Å². The molecule has 2 N–H and O–H groups in total. The second-order valence-electron chi connectivity index (χ2n) is 5.22. The van der Waals surface area contributed by atoms with E-state index < -0.39 is 9.96 Å². The average Bonchev–Trinajstić information content (AvgIpc) is 2.46. The number of nitrogens with one attached hydrogen (secondary N) is 2. The topological polar surface area (TPSA) is 41.1 Å². The van der Waals surface area contributed by atoms with E-state index in [0.29, 0.717) is 0 Å². The van der Waals surface area contributed by atoms with Crippen LogP contribution in [0.4, 0.5) is 5.69 Å². The van der Waals surface area contributed by atoms with Crippen LogP contribution in [0.25, 0.3) is 0 Å². The van der Waals surface area contributed by atoms with Gasteiger partial charge in [-0.15, -0.1) is 0 Å². The van der Waals surface area contributed by atoms with Gasteiger partial charge < -0.3 is 10.6 Å². The van der Waals surface area contributed by atoms with Gasteiger partial charge in [0, 0.05) is 5.69 Å². The molecule has 6 heteroatoms. The van der Waals surface area contributed by atoms with Crippen molar-refractivity contribution in [3.8, 4) is 0 Å². The minimum absolute atomic E-state index is 0.216. The molecule has 1 amide bonds. The van der Waals surface area contributed by atoms with Crippen molar-refractivity contribution in [1.29, 1.82) is 0 Å². The van der Waals surface area contributed by atoms with E-state index in [4.69, 9.17) is 34.8 Å². The molecule has 0 aliphatic rings. The number of hydrogen-bond acceptors (Lipinski definition) is 2. The summed E-state index contributed by atoms with van der Waals surface area (Å²) in [5.41, 5.74) is 2.72. The second-order valence-corrected chi connectivity index (χ2v) is 7.59. The maximum atomic E-state index is 12.2. The third-order valence-corrected chi connectivity index (χ3v) is 3.82. The quantitative estimate of drug-likeness (QED) is 0.602. The summed E-state index contributed by atoms with van der Waals surface area (Å²) in [6.07, 6.45) is -0.626. The molecule has 0 aromatic heterocycles. The van der Waals surface area contributed by atoms with Gasteiger partial charge in [0.15, 0.2) is 0 Å². The fraction of sp³-hybridized carbons (Fsp3) is 0.235. The largest absolute Gasteiger partial charge is 0.362 e. The first kappa shape index (κ1) is 17.9. The van der Waals surface area contributed by atoms with Crippen LogP contribution in [0.1, 0.15) is 11.1 Å². The van der Waals surface area contributed by atoms with Gasteiger partial charge in [-0.3, -0.25) is 4.79 Å². The van der Waals surface area contributed by atoms with Crippen LogP contribution < -0.4 is 10.6 Å². The summed E-state index contributed by atoms with van der Waals surface area (Å²) < 4.78 is -1.68. The van der Waals surface area contributed by atoms with Gasteiger partial charge in [0.1, 0.15) is 6.17 Å². The van der Waals surface area contributed by atoms with E-state index in [-0.39, 0.29) is 12.3 Å². The highest BCUT2D eigenvalue weighted by Gasteiger charge is 2.34. The Balaban J connectivity index is 2.05. The third kappa shape index (κ3) is 5.94. The maximum absolute atomic E-state index is 12.2. The van der Waals surface area contributed by atoms with Crippen LogP contribution in [0.5, 0.6) is 0 Å². The molecule has 0 saturated heterocycles. The number of alkyl halides is 3. The van der Waals surface area contributed by atoms with Crippen molar-refractivity contribution in [3.63, 3.8) is 0 Å². The van der Waals surface area contributed by atoms with E-state index in [9.17, 15) is 4.79 Å². The lowest BCUT2D eigenvalue weighted by Gasteiger charge is -2.27. The molecular weight excluding hydrogens is 355 g/mol. The number of benzene rings is 2. The van der Waals surface area contributed by atoms with Crippen LogP contribution >= 0.6 is 34.8 Å². The Bertz CT molecular complexity index is 656. The van der Waals surface area contributed by atoms with Gasteiger partial charge in [-0.1, -0.05) is 77.3 Å².